The third-order valence-corrected chi connectivity index (χ3v) is 3.59. The molecule has 0 saturated heterocycles. The summed E-state index contributed by atoms with van der Waals surface area (Å²) in [6, 6.07) is 10.3. The van der Waals surface area contributed by atoms with Crippen LogP contribution < -0.4 is 14.9 Å². The fraction of sp³-hybridized carbons (Fsp3) is 0.176. The zero-order valence-electron chi connectivity index (χ0n) is 13.2. The van der Waals surface area contributed by atoms with E-state index >= 15 is 0 Å². The molecule has 7 heteroatoms. The van der Waals surface area contributed by atoms with Gasteiger partial charge in [0.15, 0.2) is 18.1 Å². The number of nitrogens with one attached hydrogen (secondary N) is 1. The number of hydrogen-bond donors (Lipinski definition) is 2. The van der Waals surface area contributed by atoms with Crippen molar-refractivity contribution in [2.45, 2.75) is 6.92 Å². The highest BCUT2D eigenvalue weighted by molar-refractivity contribution is 9.10. The van der Waals surface area contributed by atoms with E-state index in [1.54, 1.807) is 18.2 Å². The number of hydrogen-bond acceptors (Lipinski definition) is 5. The van der Waals surface area contributed by atoms with Crippen LogP contribution in [0.15, 0.2) is 46.0 Å². The van der Waals surface area contributed by atoms with Gasteiger partial charge in [-0.2, -0.15) is 5.10 Å². The number of aryl methyl sites for hydroxylation is 1. The first-order valence-electron chi connectivity index (χ1n) is 7.07. The Labute approximate surface area is 148 Å². The van der Waals surface area contributed by atoms with Crippen LogP contribution in [-0.4, -0.2) is 30.9 Å². The Balaban J connectivity index is 1.85. The van der Waals surface area contributed by atoms with Gasteiger partial charge in [-0.15, -0.1) is 0 Å². The summed E-state index contributed by atoms with van der Waals surface area (Å²) >= 11 is 3.37. The summed E-state index contributed by atoms with van der Waals surface area (Å²) in [5.41, 5.74) is 3.91. The van der Waals surface area contributed by atoms with Gasteiger partial charge in [-0.1, -0.05) is 15.9 Å². The van der Waals surface area contributed by atoms with Crippen LogP contribution in [0.5, 0.6) is 17.2 Å². The second-order valence-electron chi connectivity index (χ2n) is 4.92. The average molecular weight is 393 g/mol. The molecule has 0 spiro atoms. The third kappa shape index (κ3) is 4.99. The smallest absolute Gasteiger partial charge is 0.277 e. The number of halogens is 1. The Morgan fingerprint density at radius 2 is 2.04 bits per heavy atom. The van der Waals surface area contributed by atoms with Gasteiger partial charge in [0, 0.05) is 4.47 Å². The molecule has 0 fully saturated rings. The molecule has 0 heterocycles. The quantitative estimate of drug-likeness (QED) is 0.584. The monoisotopic (exact) mass is 392 g/mol. The van der Waals surface area contributed by atoms with Crippen LogP contribution in [0.3, 0.4) is 0 Å². The number of aromatic hydroxyl groups is 1. The van der Waals surface area contributed by atoms with Gasteiger partial charge in [-0.3, -0.25) is 4.79 Å². The number of carbonyl (C=O) groups excluding carboxylic acids is 1. The van der Waals surface area contributed by atoms with Gasteiger partial charge >= 0.3 is 0 Å². The molecule has 0 atom stereocenters. The second-order valence-corrected chi connectivity index (χ2v) is 5.84. The maximum atomic E-state index is 11.7. The van der Waals surface area contributed by atoms with Crippen LogP contribution >= 0.6 is 15.9 Å². The lowest BCUT2D eigenvalue weighted by Crippen LogP contribution is -2.24. The molecule has 2 aromatic carbocycles. The maximum Gasteiger partial charge on any atom is 0.277 e. The van der Waals surface area contributed by atoms with Gasteiger partial charge in [-0.05, 0) is 54.4 Å². The van der Waals surface area contributed by atoms with Crippen molar-refractivity contribution in [2.24, 2.45) is 5.10 Å². The number of phenolic OH excluding ortho intramolecular Hbond substituents is 1. The summed E-state index contributed by atoms with van der Waals surface area (Å²) in [6.07, 6.45) is 1.42. The molecule has 2 N–H and O–H groups in total. The Kier molecular flexibility index (Phi) is 6.20. The normalized spacial score (nSPS) is 10.6. The van der Waals surface area contributed by atoms with E-state index in [9.17, 15) is 9.90 Å². The molecule has 2 aromatic rings. The van der Waals surface area contributed by atoms with E-state index in [0.29, 0.717) is 17.1 Å². The topological polar surface area (TPSA) is 80.2 Å². The molecular formula is C17H17BrN2O4. The molecule has 0 radical (unpaired) electrons. The Morgan fingerprint density at radius 3 is 2.71 bits per heavy atom. The van der Waals surface area contributed by atoms with E-state index in [2.05, 4.69) is 26.5 Å². The zero-order chi connectivity index (χ0) is 17.5. The van der Waals surface area contributed by atoms with Crippen molar-refractivity contribution < 1.29 is 19.4 Å². The van der Waals surface area contributed by atoms with Gasteiger partial charge < -0.3 is 14.6 Å². The summed E-state index contributed by atoms with van der Waals surface area (Å²) in [4.78, 5) is 11.7. The lowest BCUT2D eigenvalue weighted by molar-refractivity contribution is -0.123. The van der Waals surface area contributed by atoms with Crippen LogP contribution in [0.25, 0.3) is 0 Å². The van der Waals surface area contributed by atoms with Gasteiger partial charge in [0.25, 0.3) is 5.91 Å². The van der Waals surface area contributed by atoms with Crippen molar-refractivity contribution in [1.82, 2.24) is 5.43 Å². The molecule has 126 valence electrons. The largest absolute Gasteiger partial charge is 0.504 e. The van der Waals surface area contributed by atoms with Gasteiger partial charge in [0.05, 0.1) is 13.3 Å². The number of benzene rings is 2. The molecule has 1 amide bonds. The van der Waals surface area contributed by atoms with E-state index in [-0.39, 0.29) is 18.3 Å². The van der Waals surface area contributed by atoms with E-state index in [1.807, 2.05) is 19.1 Å². The van der Waals surface area contributed by atoms with Crippen molar-refractivity contribution in [1.29, 1.82) is 0 Å². The van der Waals surface area contributed by atoms with Crippen LogP contribution in [0.1, 0.15) is 11.1 Å². The SMILES string of the molecule is COc1ccc(/C=N/NC(=O)COc2ccc(Br)cc2C)cc1O. The molecule has 0 saturated carbocycles. The van der Waals surface area contributed by atoms with Crippen molar-refractivity contribution in [3.05, 3.63) is 52.0 Å². The summed E-state index contributed by atoms with van der Waals surface area (Å²) in [7, 11) is 1.47. The molecule has 0 aliphatic carbocycles. The molecule has 0 aromatic heterocycles. The summed E-state index contributed by atoms with van der Waals surface area (Å²) < 4.78 is 11.3. The van der Waals surface area contributed by atoms with Gasteiger partial charge in [0.1, 0.15) is 5.75 Å². The van der Waals surface area contributed by atoms with Crippen molar-refractivity contribution >= 4 is 28.1 Å². The van der Waals surface area contributed by atoms with Crippen molar-refractivity contribution in [3.8, 4) is 17.2 Å². The molecule has 24 heavy (non-hydrogen) atoms. The van der Waals surface area contributed by atoms with E-state index in [0.717, 1.165) is 10.0 Å². The van der Waals surface area contributed by atoms with Crippen molar-refractivity contribution in [3.63, 3.8) is 0 Å². The van der Waals surface area contributed by atoms with Crippen LogP contribution in [0.2, 0.25) is 0 Å². The van der Waals surface area contributed by atoms with Crippen LogP contribution in [0.4, 0.5) is 0 Å². The Hall–Kier alpha value is -2.54. The predicted molar refractivity (Wildman–Crippen MR) is 94.8 cm³/mol. The number of phenols is 1. The Bertz CT molecular complexity index is 762. The van der Waals surface area contributed by atoms with E-state index in [4.69, 9.17) is 9.47 Å². The lowest BCUT2D eigenvalue weighted by Gasteiger charge is -2.08. The number of ether oxygens (including phenoxy) is 2. The molecule has 0 aliphatic rings. The molecule has 0 unspecified atom stereocenters. The first kappa shape index (κ1) is 17.8. The molecule has 6 nitrogen and oxygen atoms in total. The number of methoxy groups -OCH3 is 1. The second kappa shape index (κ2) is 8.35. The summed E-state index contributed by atoms with van der Waals surface area (Å²) in [6.45, 7) is 1.75. The summed E-state index contributed by atoms with van der Waals surface area (Å²) in [5.74, 6) is 0.625. The highest BCUT2D eigenvalue weighted by Crippen LogP contribution is 2.25. The standard InChI is InChI=1S/C17H17BrN2O4/c1-11-7-13(18)4-6-15(11)24-10-17(22)20-19-9-12-3-5-16(23-2)14(21)8-12/h3-9,21H,10H2,1-2H3,(H,20,22)/b19-9+. The lowest BCUT2D eigenvalue weighted by atomic mass is 10.2. The molecule has 2 rings (SSSR count). The first-order valence-corrected chi connectivity index (χ1v) is 7.86. The minimum Gasteiger partial charge on any atom is -0.504 e. The van der Waals surface area contributed by atoms with Crippen LogP contribution in [-0.2, 0) is 4.79 Å². The highest BCUT2D eigenvalue weighted by atomic mass is 79.9. The van der Waals surface area contributed by atoms with Gasteiger partial charge in [0.2, 0.25) is 0 Å². The first-order chi connectivity index (χ1) is 11.5. The predicted octanol–water partition coefficient (Wildman–Crippen LogP) is 3.00. The number of hydrazone groups is 1. The maximum absolute atomic E-state index is 11.7. The van der Waals surface area contributed by atoms with Crippen LogP contribution in [0, 0.1) is 6.92 Å². The minimum atomic E-state index is -0.383. The Morgan fingerprint density at radius 1 is 1.29 bits per heavy atom. The van der Waals surface area contributed by atoms with Crippen molar-refractivity contribution in [2.75, 3.05) is 13.7 Å². The summed E-state index contributed by atoms with van der Waals surface area (Å²) in [5, 5.41) is 13.5. The zero-order valence-corrected chi connectivity index (χ0v) is 14.8. The molecule has 0 bridgehead atoms. The van der Waals surface area contributed by atoms with E-state index < -0.39 is 0 Å². The fourth-order valence-corrected chi connectivity index (χ4v) is 2.39. The molecular weight excluding hydrogens is 376 g/mol. The number of amides is 1. The fourth-order valence-electron chi connectivity index (χ4n) is 1.92. The third-order valence-electron chi connectivity index (χ3n) is 3.10. The molecule has 0 aliphatic heterocycles. The average Bonchev–Trinajstić information content (AvgIpc) is 2.54. The number of nitrogens with zero attached hydrogens (tertiary/aromatic N) is 1. The minimum absolute atomic E-state index is 0.00169. The van der Waals surface area contributed by atoms with Gasteiger partial charge in [-0.25, -0.2) is 5.43 Å². The van der Waals surface area contributed by atoms with E-state index in [1.165, 1.54) is 19.4 Å². The number of carbonyl (C=O) groups is 1. The highest BCUT2D eigenvalue weighted by Gasteiger charge is 2.05. The number of rotatable bonds is 6.